The number of nitrogens with one attached hydrogen (secondary N) is 1. The Morgan fingerprint density at radius 1 is 1.36 bits per heavy atom. The van der Waals surface area contributed by atoms with Crippen LogP contribution in [0.15, 0.2) is 0 Å². The van der Waals surface area contributed by atoms with Crippen molar-refractivity contribution in [3.8, 4) is 6.07 Å². The molecule has 0 radical (unpaired) electrons. The van der Waals surface area contributed by atoms with Crippen molar-refractivity contribution in [3.63, 3.8) is 0 Å². The Balaban J connectivity index is 0.000000605. The number of nitriles is 1. The summed E-state index contributed by atoms with van der Waals surface area (Å²) in [5.41, 5.74) is 0. The highest BCUT2D eigenvalue weighted by molar-refractivity contribution is 5.85. The molecule has 2 rings (SSSR count). The molecule has 2 aliphatic rings. The fourth-order valence-electron chi connectivity index (χ4n) is 2.33. The number of fused-ring (bicyclic) bond motifs is 1. The van der Waals surface area contributed by atoms with Crippen LogP contribution < -0.4 is 5.32 Å². The van der Waals surface area contributed by atoms with Gasteiger partial charge in [0.1, 0.15) is 0 Å². The van der Waals surface area contributed by atoms with E-state index in [1.54, 1.807) is 0 Å². The van der Waals surface area contributed by atoms with Crippen molar-refractivity contribution in [1.82, 2.24) is 5.32 Å². The lowest BCUT2D eigenvalue weighted by Crippen LogP contribution is -2.24. The third-order valence-corrected chi connectivity index (χ3v) is 2.89. The molecule has 11 heavy (non-hydrogen) atoms. The van der Waals surface area contributed by atoms with E-state index in [1.165, 1.54) is 19.3 Å². The van der Waals surface area contributed by atoms with E-state index in [0.717, 1.165) is 12.5 Å². The van der Waals surface area contributed by atoms with Gasteiger partial charge in [-0.3, -0.25) is 0 Å². The summed E-state index contributed by atoms with van der Waals surface area (Å²) in [6.07, 6.45) is 3.96. The molecule has 2 nitrogen and oxygen atoms in total. The third kappa shape index (κ3) is 1.36. The van der Waals surface area contributed by atoms with Crippen LogP contribution in [0.2, 0.25) is 0 Å². The van der Waals surface area contributed by atoms with Crippen LogP contribution in [0.25, 0.3) is 0 Å². The van der Waals surface area contributed by atoms with Gasteiger partial charge in [-0.25, -0.2) is 0 Å². The lowest BCUT2D eigenvalue weighted by Gasteiger charge is -2.08. The van der Waals surface area contributed by atoms with E-state index in [9.17, 15) is 0 Å². The van der Waals surface area contributed by atoms with Gasteiger partial charge in [-0.05, 0) is 31.2 Å². The molecule has 0 bridgehead atoms. The number of halogens is 1. The average Bonchev–Trinajstić information content (AvgIpc) is 2.44. The number of nitrogens with zero attached hydrogens (tertiary/aromatic N) is 1. The highest BCUT2D eigenvalue weighted by atomic mass is 35.5. The molecule has 1 saturated carbocycles. The van der Waals surface area contributed by atoms with Crippen molar-refractivity contribution in [2.24, 2.45) is 11.8 Å². The molecule has 0 aromatic rings. The minimum absolute atomic E-state index is 0. The summed E-state index contributed by atoms with van der Waals surface area (Å²) < 4.78 is 0. The van der Waals surface area contributed by atoms with Gasteiger partial charge in [0.2, 0.25) is 0 Å². The lowest BCUT2D eigenvalue weighted by atomic mass is 9.95. The molecule has 1 N–H and O–H groups in total. The normalized spacial score (nSPS) is 40.8. The van der Waals surface area contributed by atoms with E-state index >= 15 is 0 Å². The topological polar surface area (TPSA) is 35.8 Å². The molecular formula is C8H13ClN2. The first-order chi connectivity index (χ1) is 4.92. The highest BCUT2D eigenvalue weighted by Gasteiger charge is 2.38. The summed E-state index contributed by atoms with van der Waals surface area (Å²) in [6, 6.07) is 2.50. The molecule has 1 aliphatic carbocycles. The Hall–Kier alpha value is -0.260. The largest absolute Gasteiger partial charge is 0.301 e. The summed E-state index contributed by atoms with van der Waals surface area (Å²) in [5, 5.41) is 11.9. The molecule has 3 atom stereocenters. The Morgan fingerprint density at radius 3 is 2.91 bits per heavy atom. The smallest absolute Gasteiger partial charge is 0.0984 e. The number of hydrogen-bond donors (Lipinski definition) is 1. The van der Waals surface area contributed by atoms with Gasteiger partial charge in [0.15, 0.2) is 0 Å². The minimum Gasteiger partial charge on any atom is -0.301 e. The Bertz CT molecular complexity index is 175. The Morgan fingerprint density at radius 2 is 2.18 bits per heavy atom. The Labute approximate surface area is 73.4 Å². The lowest BCUT2D eigenvalue weighted by molar-refractivity contribution is 0.460. The fourth-order valence-corrected chi connectivity index (χ4v) is 2.33. The van der Waals surface area contributed by atoms with Gasteiger partial charge >= 0.3 is 0 Å². The standard InChI is InChI=1S/C8H12N2.ClH/c9-4-8-7-3-1-2-6(7)5-10-8;/h6-8,10H,1-3,5H2;1H. The molecule has 3 heteroatoms. The van der Waals surface area contributed by atoms with Crippen molar-refractivity contribution >= 4 is 12.4 Å². The van der Waals surface area contributed by atoms with Crippen LogP contribution in [0.5, 0.6) is 0 Å². The molecule has 0 amide bonds. The zero-order valence-corrected chi connectivity index (χ0v) is 7.23. The number of hydrogen-bond acceptors (Lipinski definition) is 2. The maximum Gasteiger partial charge on any atom is 0.0984 e. The SMILES string of the molecule is Cl.N#CC1NCC2CCCC21. The second-order valence-corrected chi connectivity index (χ2v) is 3.37. The summed E-state index contributed by atoms with van der Waals surface area (Å²) in [6.45, 7) is 1.09. The highest BCUT2D eigenvalue weighted by Crippen LogP contribution is 2.37. The molecule has 3 unspecified atom stereocenters. The molecule has 2 fully saturated rings. The fraction of sp³-hybridized carbons (Fsp3) is 0.875. The van der Waals surface area contributed by atoms with E-state index < -0.39 is 0 Å². The van der Waals surface area contributed by atoms with Gasteiger partial charge in [0.05, 0.1) is 12.1 Å². The molecule has 0 spiro atoms. The average molecular weight is 173 g/mol. The van der Waals surface area contributed by atoms with E-state index in [4.69, 9.17) is 5.26 Å². The van der Waals surface area contributed by atoms with Crippen molar-refractivity contribution in [2.75, 3.05) is 6.54 Å². The third-order valence-electron chi connectivity index (χ3n) is 2.89. The molecular weight excluding hydrogens is 160 g/mol. The predicted molar refractivity (Wildman–Crippen MR) is 45.5 cm³/mol. The van der Waals surface area contributed by atoms with Crippen LogP contribution in [-0.2, 0) is 0 Å². The van der Waals surface area contributed by atoms with Crippen LogP contribution in [0.1, 0.15) is 19.3 Å². The predicted octanol–water partition coefficient (Wildman–Crippen LogP) is 1.32. The first kappa shape index (κ1) is 8.83. The van der Waals surface area contributed by atoms with E-state index in [2.05, 4.69) is 11.4 Å². The summed E-state index contributed by atoms with van der Waals surface area (Å²) in [7, 11) is 0. The van der Waals surface area contributed by atoms with Crippen LogP contribution >= 0.6 is 12.4 Å². The van der Waals surface area contributed by atoms with Crippen LogP contribution in [0.4, 0.5) is 0 Å². The quantitative estimate of drug-likeness (QED) is 0.599. The van der Waals surface area contributed by atoms with Gasteiger partial charge in [-0.15, -0.1) is 12.4 Å². The first-order valence-corrected chi connectivity index (χ1v) is 4.05. The zero-order valence-electron chi connectivity index (χ0n) is 6.42. The van der Waals surface area contributed by atoms with E-state index in [1.807, 2.05) is 0 Å². The maximum atomic E-state index is 8.70. The summed E-state index contributed by atoms with van der Waals surface area (Å²) in [5.74, 6) is 1.51. The molecule has 0 aromatic heterocycles. The van der Waals surface area contributed by atoms with E-state index in [0.29, 0.717) is 5.92 Å². The Kier molecular flexibility index (Phi) is 2.75. The second kappa shape index (κ2) is 3.42. The zero-order chi connectivity index (χ0) is 6.97. The van der Waals surface area contributed by atoms with Crippen molar-refractivity contribution in [1.29, 1.82) is 5.26 Å². The summed E-state index contributed by atoms with van der Waals surface area (Å²) in [4.78, 5) is 0. The van der Waals surface area contributed by atoms with Crippen molar-refractivity contribution < 1.29 is 0 Å². The summed E-state index contributed by atoms with van der Waals surface area (Å²) >= 11 is 0. The molecule has 0 aromatic carbocycles. The second-order valence-electron chi connectivity index (χ2n) is 3.37. The molecule has 62 valence electrons. The van der Waals surface area contributed by atoms with Crippen LogP contribution in [-0.4, -0.2) is 12.6 Å². The van der Waals surface area contributed by atoms with Crippen molar-refractivity contribution in [2.45, 2.75) is 25.3 Å². The van der Waals surface area contributed by atoms with Gasteiger partial charge in [-0.1, -0.05) is 6.42 Å². The minimum atomic E-state index is 0. The maximum absolute atomic E-state index is 8.70. The van der Waals surface area contributed by atoms with Gasteiger partial charge in [0.25, 0.3) is 0 Å². The van der Waals surface area contributed by atoms with Crippen LogP contribution in [0, 0.1) is 23.2 Å². The molecule has 1 saturated heterocycles. The monoisotopic (exact) mass is 172 g/mol. The molecule has 1 aliphatic heterocycles. The first-order valence-electron chi connectivity index (χ1n) is 4.05. The van der Waals surface area contributed by atoms with Crippen molar-refractivity contribution in [3.05, 3.63) is 0 Å². The van der Waals surface area contributed by atoms with Gasteiger partial charge in [-0.2, -0.15) is 5.26 Å². The van der Waals surface area contributed by atoms with E-state index in [-0.39, 0.29) is 18.4 Å². The van der Waals surface area contributed by atoms with Gasteiger partial charge < -0.3 is 5.32 Å². The van der Waals surface area contributed by atoms with Gasteiger partial charge in [0, 0.05) is 0 Å². The number of rotatable bonds is 0. The van der Waals surface area contributed by atoms with Crippen LogP contribution in [0.3, 0.4) is 0 Å². The molecule has 1 heterocycles.